The van der Waals surface area contributed by atoms with Crippen molar-refractivity contribution in [3.05, 3.63) is 65.7 Å². The molecule has 0 radical (unpaired) electrons. The summed E-state index contributed by atoms with van der Waals surface area (Å²) in [5.41, 5.74) is 3.52. The van der Waals surface area contributed by atoms with E-state index in [1.807, 2.05) is 30.3 Å². The van der Waals surface area contributed by atoms with Crippen molar-refractivity contribution in [1.29, 1.82) is 0 Å². The molecule has 3 rings (SSSR count). The Kier molecular flexibility index (Phi) is 5.62. The van der Waals surface area contributed by atoms with Crippen LogP contribution in [-0.4, -0.2) is 48.4 Å². The summed E-state index contributed by atoms with van der Waals surface area (Å²) >= 11 is 0. The number of aryl methyl sites for hydroxylation is 1. The number of carbonyl (C=O) groups excluding carboxylic acids is 1. The Morgan fingerprint density at radius 2 is 1.54 bits per heavy atom. The van der Waals surface area contributed by atoms with Gasteiger partial charge in [-0.3, -0.25) is 14.6 Å². The van der Waals surface area contributed by atoms with Crippen LogP contribution in [-0.2, 0) is 11.3 Å². The van der Waals surface area contributed by atoms with Crippen molar-refractivity contribution in [2.45, 2.75) is 13.5 Å². The third kappa shape index (κ3) is 4.91. The van der Waals surface area contributed by atoms with Gasteiger partial charge in [-0.25, -0.2) is 0 Å². The first kappa shape index (κ1) is 16.7. The highest BCUT2D eigenvalue weighted by Crippen LogP contribution is 2.10. The number of benzene rings is 2. The second-order valence-corrected chi connectivity index (χ2v) is 6.45. The average Bonchev–Trinajstić information content (AvgIpc) is 2.59. The zero-order chi connectivity index (χ0) is 16.8. The predicted octanol–water partition coefficient (Wildman–Crippen LogP) is 2.75. The second-order valence-electron chi connectivity index (χ2n) is 6.45. The summed E-state index contributed by atoms with van der Waals surface area (Å²) in [4.78, 5) is 16.8. The number of hydrogen-bond acceptors (Lipinski definition) is 3. The van der Waals surface area contributed by atoms with Gasteiger partial charge >= 0.3 is 0 Å². The molecule has 1 amide bonds. The van der Waals surface area contributed by atoms with Crippen LogP contribution in [0.2, 0.25) is 0 Å². The van der Waals surface area contributed by atoms with Crippen molar-refractivity contribution in [3.8, 4) is 0 Å². The molecule has 0 spiro atoms. The van der Waals surface area contributed by atoms with E-state index in [9.17, 15) is 4.79 Å². The molecule has 1 heterocycles. The molecule has 0 unspecified atom stereocenters. The SMILES string of the molecule is Cc1ccc(CN2CCN(CC(=O)Nc3ccccc3)CC2)cc1. The van der Waals surface area contributed by atoms with Crippen LogP contribution in [0.1, 0.15) is 11.1 Å². The first-order chi connectivity index (χ1) is 11.7. The van der Waals surface area contributed by atoms with Crippen LogP contribution in [0.5, 0.6) is 0 Å². The van der Waals surface area contributed by atoms with E-state index in [2.05, 4.69) is 46.3 Å². The summed E-state index contributed by atoms with van der Waals surface area (Å²) in [5, 5.41) is 2.95. The van der Waals surface area contributed by atoms with Crippen molar-refractivity contribution < 1.29 is 4.79 Å². The molecule has 1 aliphatic heterocycles. The van der Waals surface area contributed by atoms with Gasteiger partial charge in [-0.05, 0) is 24.6 Å². The van der Waals surface area contributed by atoms with E-state index in [1.165, 1.54) is 11.1 Å². The normalized spacial score (nSPS) is 16.0. The molecule has 24 heavy (non-hydrogen) atoms. The van der Waals surface area contributed by atoms with Gasteiger partial charge in [-0.1, -0.05) is 48.0 Å². The molecule has 0 bridgehead atoms. The minimum Gasteiger partial charge on any atom is -0.325 e. The first-order valence-electron chi connectivity index (χ1n) is 8.54. The lowest BCUT2D eigenvalue weighted by Gasteiger charge is -2.34. The number of nitrogens with zero attached hydrogens (tertiary/aromatic N) is 2. The van der Waals surface area contributed by atoms with Crippen molar-refractivity contribution in [2.24, 2.45) is 0 Å². The van der Waals surface area contributed by atoms with Crippen molar-refractivity contribution in [1.82, 2.24) is 9.80 Å². The molecule has 0 saturated carbocycles. The van der Waals surface area contributed by atoms with Crippen molar-refractivity contribution in [2.75, 3.05) is 38.0 Å². The minimum atomic E-state index is 0.0631. The number of piperazine rings is 1. The van der Waals surface area contributed by atoms with E-state index in [-0.39, 0.29) is 5.91 Å². The molecule has 0 atom stereocenters. The van der Waals surface area contributed by atoms with E-state index in [0.717, 1.165) is 38.4 Å². The third-order valence-electron chi connectivity index (χ3n) is 4.42. The molecule has 0 aromatic heterocycles. The van der Waals surface area contributed by atoms with Crippen LogP contribution in [0, 0.1) is 6.92 Å². The molecule has 1 saturated heterocycles. The standard InChI is InChI=1S/C20H25N3O/c1-17-7-9-18(10-8-17)15-22-11-13-23(14-12-22)16-20(24)21-19-5-3-2-4-6-19/h2-10H,11-16H2,1H3,(H,21,24). The Bertz CT molecular complexity index is 646. The maximum absolute atomic E-state index is 12.1. The predicted molar refractivity (Wildman–Crippen MR) is 98.0 cm³/mol. The number of hydrogen-bond donors (Lipinski definition) is 1. The molecule has 1 N–H and O–H groups in total. The van der Waals surface area contributed by atoms with Gasteiger partial charge in [-0.2, -0.15) is 0 Å². The van der Waals surface area contributed by atoms with Crippen LogP contribution >= 0.6 is 0 Å². The fraction of sp³-hybridized carbons (Fsp3) is 0.350. The number of anilines is 1. The fourth-order valence-electron chi connectivity index (χ4n) is 2.98. The molecule has 0 aliphatic carbocycles. The maximum Gasteiger partial charge on any atom is 0.238 e. The lowest BCUT2D eigenvalue weighted by molar-refractivity contribution is -0.117. The molecule has 1 aliphatic rings. The van der Waals surface area contributed by atoms with Gasteiger partial charge in [0.15, 0.2) is 0 Å². The molecule has 2 aromatic carbocycles. The number of para-hydroxylation sites is 1. The van der Waals surface area contributed by atoms with Crippen LogP contribution < -0.4 is 5.32 Å². The number of carbonyl (C=O) groups is 1. The largest absolute Gasteiger partial charge is 0.325 e. The van der Waals surface area contributed by atoms with Gasteiger partial charge in [0, 0.05) is 38.4 Å². The molecular weight excluding hydrogens is 298 g/mol. The molecule has 4 heteroatoms. The highest BCUT2D eigenvalue weighted by molar-refractivity contribution is 5.92. The summed E-state index contributed by atoms with van der Waals surface area (Å²) in [7, 11) is 0. The minimum absolute atomic E-state index is 0.0631. The third-order valence-corrected chi connectivity index (χ3v) is 4.42. The van der Waals surface area contributed by atoms with Crippen LogP contribution in [0.25, 0.3) is 0 Å². The van der Waals surface area contributed by atoms with E-state index >= 15 is 0 Å². The monoisotopic (exact) mass is 323 g/mol. The number of amides is 1. The first-order valence-corrected chi connectivity index (χ1v) is 8.54. The summed E-state index contributed by atoms with van der Waals surface area (Å²) < 4.78 is 0. The zero-order valence-electron chi connectivity index (χ0n) is 14.2. The summed E-state index contributed by atoms with van der Waals surface area (Å²) in [6, 6.07) is 18.4. The van der Waals surface area contributed by atoms with E-state index < -0.39 is 0 Å². The van der Waals surface area contributed by atoms with E-state index in [4.69, 9.17) is 0 Å². The van der Waals surface area contributed by atoms with Gasteiger partial charge in [0.25, 0.3) is 0 Å². The Balaban J connectivity index is 1.41. The summed E-state index contributed by atoms with van der Waals surface area (Å²) in [5.74, 6) is 0.0631. The van der Waals surface area contributed by atoms with Crippen molar-refractivity contribution >= 4 is 11.6 Å². The zero-order valence-corrected chi connectivity index (χ0v) is 14.2. The van der Waals surface area contributed by atoms with Gasteiger partial charge in [-0.15, -0.1) is 0 Å². The Labute approximate surface area is 144 Å². The Morgan fingerprint density at radius 1 is 0.917 bits per heavy atom. The lowest BCUT2D eigenvalue weighted by atomic mass is 10.1. The Morgan fingerprint density at radius 3 is 2.21 bits per heavy atom. The van der Waals surface area contributed by atoms with Gasteiger partial charge in [0.1, 0.15) is 0 Å². The Hall–Kier alpha value is -2.17. The van der Waals surface area contributed by atoms with Crippen LogP contribution in [0.4, 0.5) is 5.69 Å². The number of rotatable bonds is 5. The lowest BCUT2D eigenvalue weighted by Crippen LogP contribution is -2.48. The molecule has 4 nitrogen and oxygen atoms in total. The number of nitrogens with one attached hydrogen (secondary N) is 1. The van der Waals surface area contributed by atoms with Gasteiger partial charge in [0.2, 0.25) is 5.91 Å². The smallest absolute Gasteiger partial charge is 0.238 e. The van der Waals surface area contributed by atoms with Gasteiger partial charge in [0.05, 0.1) is 6.54 Å². The summed E-state index contributed by atoms with van der Waals surface area (Å²) in [6.45, 7) is 7.46. The van der Waals surface area contributed by atoms with Crippen molar-refractivity contribution in [3.63, 3.8) is 0 Å². The van der Waals surface area contributed by atoms with E-state index in [0.29, 0.717) is 6.54 Å². The molecular formula is C20H25N3O. The highest BCUT2D eigenvalue weighted by atomic mass is 16.2. The molecule has 126 valence electrons. The van der Waals surface area contributed by atoms with Crippen LogP contribution in [0.15, 0.2) is 54.6 Å². The maximum atomic E-state index is 12.1. The second kappa shape index (κ2) is 8.08. The fourth-order valence-corrected chi connectivity index (χ4v) is 2.98. The molecule has 2 aromatic rings. The highest BCUT2D eigenvalue weighted by Gasteiger charge is 2.19. The molecule has 1 fully saturated rings. The van der Waals surface area contributed by atoms with Gasteiger partial charge < -0.3 is 5.32 Å². The average molecular weight is 323 g/mol. The quantitative estimate of drug-likeness (QED) is 0.919. The van der Waals surface area contributed by atoms with E-state index in [1.54, 1.807) is 0 Å². The topological polar surface area (TPSA) is 35.6 Å². The van der Waals surface area contributed by atoms with Crippen LogP contribution in [0.3, 0.4) is 0 Å². The summed E-state index contributed by atoms with van der Waals surface area (Å²) in [6.07, 6.45) is 0.